The first-order valence-corrected chi connectivity index (χ1v) is 7.91. The van der Waals surface area contributed by atoms with Crippen molar-refractivity contribution in [2.75, 3.05) is 26.8 Å². The summed E-state index contributed by atoms with van der Waals surface area (Å²) in [5.74, 6) is 1.86. The molecule has 6 heteroatoms. The molecule has 5 nitrogen and oxygen atoms in total. The van der Waals surface area contributed by atoms with Crippen molar-refractivity contribution >= 4 is 11.6 Å². The zero-order chi connectivity index (χ0) is 15.4. The molecule has 0 aliphatic carbocycles. The molecule has 0 N–H and O–H groups in total. The highest BCUT2D eigenvalue weighted by molar-refractivity contribution is 6.31. The molecule has 1 aromatic heterocycles. The fraction of sp³-hybridized carbons (Fsp3) is 0.500. The molecular formula is C16H20ClN3O2. The summed E-state index contributed by atoms with van der Waals surface area (Å²) < 4.78 is 10.3. The van der Waals surface area contributed by atoms with Crippen molar-refractivity contribution < 1.29 is 9.26 Å². The number of ether oxygens (including phenoxy) is 1. The van der Waals surface area contributed by atoms with Gasteiger partial charge in [-0.05, 0) is 30.5 Å². The lowest BCUT2D eigenvalue weighted by Gasteiger charge is -2.14. The quantitative estimate of drug-likeness (QED) is 0.819. The van der Waals surface area contributed by atoms with Crippen LogP contribution in [0.4, 0.5) is 0 Å². The summed E-state index contributed by atoms with van der Waals surface area (Å²) in [6, 6.07) is 8.09. The second-order valence-electron chi connectivity index (χ2n) is 5.59. The molecule has 118 valence electrons. The standard InChI is InChI=1S/C16H20ClN3O2/c1-21-9-7-15-18-16(22-19-15)11-20-8-6-12(10-20)13-4-2-3-5-14(13)17/h2-5,12H,6-11H2,1H3/t12-/m1/s1. The highest BCUT2D eigenvalue weighted by atomic mass is 35.5. The number of halogens is 1. The molecular weight excluding hydrogens is 302 g/mol. The molecule has 1 aliphatic rings. The SMILES string of the molecule is COCCc1noc(CN2CC[C@@H](c3ccccc3Cl)C2)n1. The Bertz CT molecular complexity index is 617. The Morgan fingerprint density at radius 3 is 3.09 bits per heavy atom. The molecule has 1 atom stereocenters. The van der Waals surface area contributed by atoms with E-state index >= 15 is 0 Å². The Morgan fingerprint density at radius 1 is 1.41 bits per heavy atom. The Hall–Kier alpha value is -1.43. The molecule has 0 spiro atoms. The van der Waals surface area contributed by atoms with Crippen molar-refractivity contribution in [2.24, 2.45) is 0 Å². The minimum absolute atomic E-state index is 0.476. The minimum atomic E-state index is 0.476. The normalized spacial score (nSPS) is 18.9. The Kier molecular flexibility index (Phi) is 5.08. The van der Waals surface area contributed by atoms with Crippen LogP contribution in [-0.4, -0.2) is 41.8 Å². The van der Waals surface area contributed by atoms with Gasteiger partial charge in [-0.1, -0.05) is 35.0 Å². The van der Waals surface area contributed by atoms with Gasteiger partial charge in [-0.15, -0.1) is 0 Å². The van der Waals surface area contributed by atoms with Crippen LogP contribution in [0, 0.1) is 0 Å². The first kappa shape index (κ1) is 15.5. The second kappa shape index (κ2) is 7.22. The van der Waals surface area contributed by atoms with E-state index in [2.05, 4.69) is 21.1 Å². The molecule has 0 amide bonds. The summed E-state index contributed by atoms with van der Waals surface area (Å²) in [5.41, 5.74) is 1.23. The van der Waals surface area contributed by atoms with Gasteiger partial charge in [-0.3, -0.25) is 4.90 Å². The Labute approximate surface area is 135 Å². The van der Waals surface area contributed by atoms with Gasteiger partial charge in [0.1, 0.15) is 0 Å². The number of benzene rings is 1. The van der Waals surface area contributed by atoms with E-state index in [1.807, 2.05) is 18.2 Å². The van der Waals surface area contributed by atoms with Crippen LogP contribution in [0.25, 0.3) is 0 Å². The van der Waals surface area contributed by atoms with Gasteiger partial charge >= 0.3 is 0 Å². The molecule has 0 saturated carbocycles. The van der Waals surface area contributed by atoms with E-state index in [4.69, 9.17) is 20.9 Å². The molecule has 0 bridgehead atoms. The van der Waals surface area contributed by atoms with Crippen LogP contribution in [0.2, 0.25) is 5.02 Å². The molecule has 22 heavy (non-hydrogen) atoms. The molecule has 1 aliphatic heterocycles. The van der Waals surface area contributed by atoms with E-state index in [-0.39, 0.29) is 0 Å². The van der Waals surface area contributed by atoms with Crippen molar-refractivity contribution in [3.05, 3.63) is 46.6 Å². The third-order valence-electron chi connectivity index (χ3n) is 4.02. The van der Waals surface area contributed by atoms with Gasteiger partial charge in [0.05, 0.1) is 13.2 Å². The maximum Gasteiger partial charge on any atom is 0.240 e. The Balaban J connectivity index is 1.57. The van der Waals surface area contributed by atoms with E-state index in [1.165, 1.54) is 5.56 Å². The summed E-state index contributed by atoms with van der Waals surface area (Å²) in [5, 5.41) is 4.83. The average Bonchev–Trinajstić information content (AvgIpc) is 3.16. The summed E-state index contributed by atoms with van der Waals surface area (Å²) in [4.78, 5) is 6.74. The Morgan fingerprint density at radius 2 is 2.27 bits per heavy atom. The van der Waals surface area contributed by atoms with Gasteiger partial charge in [0.2, 0.25) is 5.89 Å². The number of hydrogen-bond donors (Lipinski definition) is 0. The largest absolute Gasteiger partial charge is 0.384 e. The number of nitrogens with zero attached hydrogens (tertiary/aromatic N) is 3. The summed E-state index contributed by atoms with van der Waals surface area (Å²) in [7, 11) is 1.67. The first-order valence-electron chi connectivity index (χ1n) is 7.53. The van der Waals surface area contributed by atoms with Gasteiger partial charge in [0, 0.05) is 25.1 Å². The summed E-state index contributed by atoms with van der Waals surface area (Å²) in [6.45, 7) is 3.30. The predicted octanol–water partition coefficient (Wildman–Crippen LogP) is 2.90. The second-order valence-corrected chi connectivity index (χ2v) is 6.00. The molecule has 1 fully saturated rings. The molecule has 0 radical (unpaired) electrons. The van der Waals surface area contributed by atoms with Crippen LogP contribution in [0.15, 0.2) is 28.8 Å². The van der Waals surface area contributed by atoms with Crippen molar-refractivity contribution in [1.29, 1.82) is 0 Å². The number of methoxy groups -OCH3 is 1. The number of rotatable bonds is 6. The topological polar surface area (TPSA) is 51.4 Å². The number of likely N-dealkylation sites (tertiary alicyclic amines) is 1. The number of aromatic nitrogens is 2. The fourth-order valence-corrected chi connectivity index (χ4v) is 3.17. The van der Waals surface area contributed by atoms with Crippen LogP contribution in [0.5, 0.6) is 0 Å². The summed E-state index contributed by atoms with van der Waals surface area (Å²) >= 11 is 6.29. The fourth-order valence-electron chi connectivity index (χ4n) is 2.88. The van der Waals surface area contributed by atoms with E-state index in [9.17, 15) is 0 Å². The van der Waals surface area contributed by atoms with E-state index < -0.39 is 0 Å². The zero-order valence-corrected chi connectivity index (χ0v) is 13.4. The third-order valence-corrected chi connectivity index (χ3v) is 4.36. The highest BCUT2D eigenvalue weighted by Crippen LogP contribution is 2.32. The number of hydrogen-bond acceptors (Lipinski definition) is 5. The van der Waals surface area contributed by atoms with Crippen LogP contribution in [0.3, 0.4) is 0 Å². The molecule has 2 heterocycles. The first-order chi connectivity index (χ1) is 10.8. The van der Waals surface area contributed by atoms with Gasteiger partial charge < -0.3 is 9.26 Å². The van der Waals surface area contributed by atoms with Gasteiger partial charge in [-0.2, -0.15) is 4.98 Å². The highest BCUT2D eigenvalue weighted by Gasteiger charge is 2.26. The van der Waals surface area contributed by atoms with Crippen molar-refractivity contribution in [2.45, 2.75) is 25.3 Å². The lowest BCUT2D eigenvalue weighted by Crippen LogP contribution is -2.20. The van der Waals surface area contributed by atoms with Gasteiger partial charge in [0.15, 0.2) is 5.82 Å². The summed E-state index contributed by atoms with van der Waals surface area (Å²) in [6.07, 6.45) is 1.79. The van der Waals surface area contributed by atoms with Crippen molar-refractivity contribution in [3.63, 3.8) is 0 Å². The molecule has 1 aromatic carbocycles. The van der Waals surface area contributed by atoms with Gasteiger partial charge in [-0.25, -0.2) is 0 Å². The zero-order valence-electron chi connectivity index (χ0n) is 12.7. The van der Waals surface area contributed by atoms with Crippen LogP contribution in [-0.2, 0) is 17.7 Å². The smallest absolute Gasteiger partial charge is 0.240 e. The monoisotopic (exact) mass is 321 g/mol. The molecule has 0 unspecified atom stereocenters. The molecule has 3 rings (SSSR count). The van der Waals surface area contributed by atoms with Crippen LogP contribution >= 0.6 is 11.6 Å². The lowest BCUT2D eigenvalue weighted by molar-refractivity contribution is 0.199. The van der Waals surface area contributed by atoms with Crippen LogP contribution in [0.1, 0.15) is 29.6 Å². The van der Waals surface area contributed by atoms with E-state index in [0.29, 0.717) is 37.2 Å². The molecule has 2 aromatic rings. The predicted molar refractivity (Wildman–Crippen MR) is 84.0 cm³/mol. The third kappa shape index (κ3) is 3.66. The van der Waals surface area contributed by atoms with Gasteiger partial charge in [0.25, 0.3) is 0 Å². The van der Waals surface area contributed by atoms with E-state index in [1.54, 1.807) is 7.11 Å². The molecule has 1 saturated heterocycles. The van der Waals surface area contributed by atoms with Crippen LogP contribution < -0.4 is 0 Å². The van der Waals surface area contributed by atoms with Crippen molar-refractivity contribution in [3.8, 4) is 0 Å². The maximum atomic E-state index is 6.29. The van der Waals surface area contributed by atoms with Crippen molar-refractivity contribution in [1.82, 2.24) is 15.0 Å². The minimum Gasteiger partial charge on any atom is -0.384 e. The lowest BCUT2D eigenvalue weighted by atomic mass is 9.98. The maximum absolute atomic E-state index is 6.29. The van der Waals surface area contributed by atoms with E-state index in [0.717, 1.165) is 24.5 Å². The average molecular weight is 322 g/mol.